The summed E-state index contributed by atoms with van der Waals surface area (Å²) >= 11 is 0. The highest BCUT2D eigenvalue weighted by Crippen LogP contribution is 2.46. The van der Waals surface area contributed by atoms with E-state index in [-0.39, 0.29) is 28.6 Å². The molecule has 1 aromatic carbocycles. The maximum atomic E-state index is 13.8. The second-order valence-electron chi connectivity index (χ2n) is 7.80. The Morgan fingerprint density at radius 3 is 2.59 bits per heavy atom. The summed E-state index contributed by atoms with van der Waals surface area (Å²) in [5.41, 5.74) is 0.106. The lowest BCUT2D eigenvalue weighted by atomic mass is 9.72. The molecule has 160 valence electrons. The number of rotatable bonds is 4. The molecule has 4 aromatic rings. The van der Waals surface area contributed by atoms with Crippen LogP contribution in [0.1, 0.15) is 60.5 Å². The molecule has 1 unspecified atom stereocenters. The normalized spacial score (nSPS) is 18.8. The van der Waals surface area contributed by atoms with E-state index in [4.69, 9.17) is 0 Å². The molecule has 10 heteroatoms. The Bertz CT molecular complexity index is 1420. The number of aromatic amines is 1. The minimum atomic E-state index is -0.988. The Hall–Kier alpha value is -4.00. The third kappa shape index (κ3) is 3.13. The van der Waals surface area contributed by atoms with Crippen LogP contribution in [0.4, 0.5) is 8.78 Å². The standard InChI is InChI=1S/C22H17F2N7O/c1-11(12-3-6-15(23)16(24)9-12)31-21-18(17(10-25)30-31)22(32)29-20(28-21)14-5-4-13(14)19-26-7-2-8-27-19/h2-3,6-9,11,13-14H,4-5H2,1H3,(H,28,29,32)/t11?,13-,14-/m0/s1. The van der Waals surface area contributed by atoms with Crippen LogP contribution >= 0.6 is 0 Å². The van der Waals surface area contributed by atoms with Crippen LogP contribution in [0, 0.1) is 23.0 Å². The maximum absolute atomic E-state index is 13.8. The molecule has 3 aromatic heterocycles. The topological polar surface area (TPSA) is 113 Å². The number of fused-ring (bicyclic) bond motifs is 1. The number of halogens is 2. The zero-order valence-corrected chi connectivity index (χ0v) is 17.0. The summed E-state index contributed by atoms with van der Waals surface area (Å²) in [4.78, 5) is 29.0. The van der Waals surface area contributed by atoms with E-state index in [1.807, 2.05) is 6.07 Å². The summed E-state index contributed by atoms with van der Waals surface area (Å²) in [6, 6.07) is 6.61. The van der Waals surface area contributed by atoms with E-state index in [1.54, 1.807) is 25.4 Å². The van der Waals surface area contributed by atoms with Crippen molar-refractivity contribution in [2.75, 3.05) is 0 Å². The van der Waals surface area contributed by atoms with Gasteiger partial charge in [0, 0.05) is 24.2 Å². The van der Waals surface area contributed by atoms with E-state index in [0.717, 1.165) is 25.0 Å². The summed E-state index contributed by atoms with van der Waals surface area (Å²) in [7, 11) is 0. The minimum absolute atomic E-state index is 0.0206. The van der Waals surface area contributed by atoms with E-state index in [9.17, 15) is 18.8 Å². The van der Waals surface area contributed by atoms with Gasteiger partial charge in [0.05, 0.1) is 6.04 Å². The molecule has 1 aliphatic rings. The third-order valence-electron chi connectivity index (χ3n) is 6.02. The van der Waals surface area contributed by atoms with Gasteiger partial charge >= 0.3 is 0 Å². The minimum Gasteiger partial charge on any atom is -0.310 e. The Kier molecular flexibility index (Phi) is 4.74. The molecule has 0 radical (unpaired) electrons. The van der Waals surface area contributed by atoms with Gasteiger partial charge in [0.1, 0.15) is 23.1 Å². The predicted octanol–water partition coefficient (Wildman–Crippen LogP) is 3.33. The molecule has 1 fully saturated rings. The summed E-state index contributed by atoms with van der Waals surface area (Å²) in [6.07, 6.45) is 5.02. The molecule has 3 heterocycles. The third-order valence-corrected chi connectivity index (χ3v) is 6.02. The van der Waals surface area contributed by atoms with E-state index >= 15 is 0 Å². The first-order valence-corrected chi connectivity index (χ1v) is 10.1. The molecule has 5 rings (SSSR count). The summed E-state index contributed by atoms with van der Waals surface area (Å²) in [5, 5.41) is 13.8. The van der Waals surface area contributed by atoms with Crippen LogP contribution in [0.25, 0.3) is 11.0 Å². The zero-order chi connectivity index (χ0) is 22.4. The molecule has 8 nitrogen and oxygen atoms in total. The van der Waals surface area contributed by atoms with Crippen LogP contribution < -0.4 is 5.56 Å². The van der Waals surface area contributed by atoms with Gasteiger partial charge in [-0.3, -0.25) is 4.79 Å². The van der Waals surface area contributed by atoms with Crippen molar-refractivity contribution in [3.05, 3.63) is 81.6 Å². The summed E-state index contributed by atoms with van der Waals surface area (Å²) in [6.45, 7) is 1.72. The van der Waals surface area contributed by atoms with Gasteiger partial charge in [0.15, 0.2) is 23.0 Å². The summed E-state index contributed by atoms with van der Waals surface area (Å²) < 4.78 is 28.6. The van der Waals surface area contributed by atoms with Crippen molar-refractivity contribution in [1.82, 2.24) is 29.7 Å². The number of nitrogens with one attached hydrogen (secondary N) is 1. The lowest BCUT2D eigenvalue weighted by Crippen LogP contribution is -2.28. The molecule has 0 spiro atoms. The van der Waals surface area contributed by atoms with Crippen LogP contribution in [0.15, 0.2) is 41.5 Å². The molecule has 1 saturated carbocycles. The predicted molar refractivity (Wildman–Crippen MR) is 110 cm³/mol. The van der Waals surface area contributed by atoms with Crippen molar-refractivity contribution in [3.63, 3.8) is 0 Å². The smallest absolute Gasteiger partial charge is 0.263 e. The van der Waals surface area contributed by atoms with Gasteiger partial charge < -0.3 is 4.98 Å². The number of nitrogens with zero attached hydrogens (tertiary/aromatic N) is 6. The number of nitriles is 1. The van der Waals surface area contributed by atoms with E-state index < -0.39 is 23.2 Å². The van der Waals surface area contributed by atoms with Gasteiger partial charge in [-0.05, 0) is 43.5 Å². The Morgan fingerprint density at radius 1 is 1.19 bits per heavy atom. The zero-order valence-electron chi connectivity index (χ0n) is 17.0. The average molecular weight is 433 g/mol. The first-order valence-electron chi connectivity index (χ1n) is 10.1. The van der Waals surface area contributed by atoms with Crippen LogP contribution in [0.5, 0.6) is 0 Å². The lowest BCUT2D eigenvalue weighted by molar-refractivity contribution is 0.319. The number of hydrogen-bond acceptors (Lipinski definition) is 6. The van der Waals surface area contributed by atoms with Crippen molar-refractivity contribution in [1.29, 1.82) is 5.26 Å². The monoisotopic (exact) mass is 433 g/mol. The number of aromatic nitrogens is 6. The molecule has 0 bridgehead atoms. The van der Waals surface area contributed by atoms with Crippen molar-refractivity contribution in [3.8, 4) is 6.07 Å². The second kappa shape index (κ2) is 7.60. The van der Waals surface area contributed by atoms with Crippen molar-refractivity contribution < 1.29 is 8.78 Å². The van der Waals surface area contributed by atoms with Crippen LogP contribution in [0.2, 0.25) is 0 Å². The maximum Gasteiger partial charge on any atom is 0.263 e. The van der Waals surface area contributed by atoms with Crippen LogP contribution in [-0.4, -0.2) is 29.7 Å². The Balaban J connectivity index is 1.62. The van der Waals surface area contributed by atoms with Gasteiger partial charge in [0.2, 0.25) is 0 Å². The number of H-pyrrole nitrogens is 1. The molecule has 1 N–H and O–H groups in total. The van der Waals surface area contributed by atoms with Crippen LogP contribution in [0.3, 0.4) is 0 Å². The van der Waals surface area contributed by atoms with Gasteiger partial charge in [-0.15, -0.1) is 0 Å². The molecule has 1 aliphatic carbocycles. The van der Waals surface area contributed by atoms with Crippen LogP contribution in [-0.2, 0) is 0 Å². The molecular weight excluding hydrogens is 416 g/mol. The molecular formula is C22H17F2N7O. The van der Waals surface area contributed by atoms with Crippen molar-refractivity contribution >= 4 is 11.0 Å². The first kappa shape index (κ1) is 19.9. The first-order chi connectivity index (χ1) is 15.5. The van der Waals surface area contributed by atoms with Gasteiger partial charge in [-0.1, -0.05) is 6.07 Å². The van der Waals surface area contributed by atoms with Crippen molar-refractivity contribution in [2.24, 2.45) is 0 Å². The van der Waals surface area contributed by atoms with E-state index in [1.165, 1.54) is 10.7 Å². The number of hydrogen-bond donors (Lipinski definition) is 1. The fraction of sp³-hybridized carbons (Fsp3) is 0.273. The number of benzene rings is 1. The van der Waals surface area contributed by atoms with Gasteiger partial charge in [-0.25, -0.2) is 28.4 Å². The average Bonchev–Trinajstić information content (AvgIpc) is 3.14. The van der Waals surface area contributed by atoms with Gasteiger partial charge in [-0.2, -0.15) is 10.4 Å². The van der Waals surface area contributed by atoms with E-state index in [2.05, 4.69) is 25.0 Å². The quantitative estimate of drug-likeness (QED) is 0.528. The fourth-order valence-corrected chi connectivity index (χ4v) is 4.14. The molecule has 0 amide bonds. The molecule has 0 saturated heterocycles. The molecule has 3 atom stereocenters. The van der Waals surface area contributed by atoms with Crippen molar-refractivity contribution in [2.45, 2.75) is 37.6 Å². The Labute approximate surface area is 180 Å². The lowest BCUT2D eigenvalue weighted by Gasteiger charge is -2.34. The molecule has 0 aliphatic heterocycles. The highest BCUT2D eigenvalue weighted by Gasteiger charge is 2.37. The Morgan fingerprint density at radius 2 is 1.94 bits per heavy atom. The largest absolute Gasteiger partial charge is 0.310 e. The van der Waals surface area contributed by atoms with E-state index in [0.29, 0.717) is 17.2 Å². The van der Waals surface area contributed by atoms with Gasteiger partial charge in [0.25, 0.3) is 5.56 Å². The SMILES string of the molecule is CC(c1ccc(F)c(F)c1)n1nc(C#N)c2c(=O)[nH]c([C@H]3CC[C@@H]3c3ncccn3)nc21. The second-order valence-corrected chi connectivity index (χ2v) is 7.80. The highest BCUT2D eigenvalue weighted by atomic mass is 19.2. The highest BCUT2D eigenvalue weighted by molar-refractivity contribution is 5.80. The fourth-order valence-electron chi connectivity index (χ4n) is 4.14. The summed E-state index contributed by atoms with van der Waals surface area (Å²) in [5.74, 6) is -0.852. The molecule has 32 heavy (non-hydrogen) atoms.